The van der Waals surface area contributed by atoms with Gasteiger partial charge in [0.15, 0.2) is 0 Å². The smallest absolute Gasteiger partial charge is 0.241 e. The Kier molecular flexibility index (Phi) is 8.77. The molecule has 0 amide bonds. The van der Waals surface area contributed by atoms with E-state index in [9.17, 15) is 13.5 Å². The fraction of sp³-hybridized carbons (Fsp3) is 0.222. The second-order valence-corrected chi connectivity index (χ2v) is 10.4. The number of fused-ring (bicyclic) bond motifs is 1. The summed E-state index contributed by atoms with van der Waals surface area (Å²) >= 11 is 6.19. The molecular formula is C27H28ClN3O4S. The van der Waals surface area contributed by atoms with Gasteiger partial charge in [-0.1, -0.05) is 48.0 Å². The number of nitrogens with zero attached hydrogens (tertiary/aromatic N) is 1. The summed E-state index contributed by atoms with van der Waals surface area (Å²) in [6.07, 6.45) is 2.88. The Balaban J connectivity index is 1.21. The Morgan fingerprint density at radius 3 is 2.58 bits per heavy atom. The first kappa shape index (κ1) is 25.9. The highest BCUT2D eigenvalue weighted by Gasteiger charge is 2.17. The Morgan fingerprint density at radius 2 is 1.75 bits per heavy atom. The second kappa shape index (κ2) is 12.2. The topological polar surface area (TPSA) is 101 Å². The molecule has 0 spiro atoms. The molecule has 0 fully saturated rings. The van der Waals surface area contributed by atoms with Crippen molar-refractivity contribution in [3.63, 3.8) is 0 Å². The van der Waals surface area contributed by atoms with Crippen LogP contribution in [0.2, 0.25) is 5.02 Å². The zero-order valence-electron chi connectivity index (χ0n) is 19.7. The van der Waals surface area contributed by atoms with Gasteiger partial charge in [0.05, 0.1) is 11.5 Å². The van der Waals surface area contributed by atoms with E-state index >= 15 is 0 Å². The van der Waals surface area contributed by atoms with Gasteiger partial charge in [0.1, 0.15) is 5.75 Å². The average molecular weight is 526 g/mol. The van der Waals surface area contributed by atoms with Gasteiger partial charge >= 0.3 is 0 Å². The van der Waals surface area contributed by atoms with Crippen LogP contribution >= 0.6 is 11.6 Å². The molecule has 0 saturated carbocycles. The summed E-state index contributed by atoms with van der Waals surface area (Å²) in [5.41, 5.74) is 2.22. The zero-order valence-corrected chi connectivity index (χ0v) is 21.2. The molecule has 0 aliphatic carbocycles. The molecule has 3 N–H and O–H groups in total. The number of halogens is 1. The highest BCUT2D eigenvalue weighted by Crippen LogP contribution is 2.28. The first-order chi connectivity index (χ1) is 17.4. The highest BCUT2D eigenvalue weighted by atomic mass is 35.5. The fourth-order valence-corrected chi connectivity index (χ4v) is 5.34. The summed E-state index contributed by atoms with van der Waals surface area (Å²) in [6, 6.07) is 22.1. The molecule has 0 atom stereocenters. The number of aromatic hydroxyl groups is 1. The van der Waals surface area contributed by atoms with E-state index in [4.69, 9.17) is 16.3 Å². The summed E-state index contributed by atoms with van der Waals surface area (Å²) in [5, 5.41) is 14.6. The summed E-state index contributed by atoms with van der Waals surface area (Å²) in [5.74, 6) is 0.617. The van der Waals surface area contributed by atoms with Gasteiger partial charge in [-0.3, -0.25) is 0 Å². The van der Waals surface area contributed by atoms with Crippen molar-refractivity contribution < 1.29 is 18.3 Å². The first-order valence-electron chi connectivity index (χ1n) is 11.7. The van der Waals surface area contributed by atoms with Crippen LogP contribution < -0.4 is 14.8 Å². The van der Waals surface area contributed by atoms with Crippen LogP contribution in [0.1, 0.15) is 17.5 Å². The Morgan fingerprint density at radius 1 is 0.917 bits per heavy atom. The lowest BCUT2D eigenvalue weighted by molar-refractivity contribution is 0.306. The van der Waals surface area contributed by atoms with E-state index in [1.807, 2.05) is 36.4 Å². The number of pyridine rings is 1. The zero-order chi connectivity index (χ0) is 25.4. The third-order valence-corrected chi connectivity index (χ3v) is 7.40. The van der Waals surface area contributed by atoms with Crippen LogP contribution in [-0.2, 0) is 16.4 Å². The molecule has 0 aliphatic rings. The molecule has 7 nitrogen and oxygen atoms in total. The van der Waals surface area contributed by atoms with Crippen LogP contribution in [0, 0.1) is 0 Å². The van der Waals surface area contributed by atoms with E-state index in [2.05, 4.69) is 27.2 Å². The number of rotatable bonds is 12. The van der Waals surface area contributed by atoms with Gasteiger partial charge in [0.2, 0.25) is 15.9 Å². The summed E-state index contributed by atoms with van der Waals surface area (Å²) in [7, 11) is -3.74. The molecule has 0 bridgehead atoms. The van der Waals surface area contributed by atoms with Crippen molar-refractivity contribution in [3.8, 4) is 11.6 Å². The van der Waals surface area contributed by atoms with Crippen molar-refractivity contribution in [2.24, 2.45) is 0 Å². The van der Waals surface area contributed by atoms with Gasteiger partial charge in [-0.05, 0) is 60.5 Å². The number of benzene rings is 3. The van der Waals surface area contributed by atoms with Gasteiger partial charge in [0, 0.05) is 41.5 Å². The van der Waals surface area contributed by atoms with Crippen LogP contribution in [0.15, 0.2) is 83.9 Å². The Hall–Kier alpha value is -3.17. The monoisotopic (exact) mass is 525 g/mol. The van der Waals surface area contributed by atoms with E-state index < -0.39 is 10.0 Å². The number of aromatic nitrogens is 1. The molecule has 9 heteroatoms. The molecule has 4 aromatic rings. The van der Waals surface area contributed by atoms with E-state index in [1.165, 1.54) is 17.8 Å². The minimum absolute atomic E-state index is 0.111. The van der Waals surface area contributed by atoms with Crippen LogP contribution in [0.4, 0.5) is 0 Å². The summed E-state index contributed by atoms with van der Waals surface area (Å²) in [4.78, 5) is 3.91. The predicted octanol–water partition coefficient (Wildman–Crippen LogP) is 4.52. The lowest BCUT2D eigenvalue weighted by Crippen LogP contribution is -2.32. The van der Waals surface area contributed by atoms with Crippen LogP contribution in [0.3, 0.4) is 0 Å². The molecule has 1 aromatic heterocycles. The molecule has 0 saturated heterocycles. The van der Waals surface area contributed by atoms with Crippen molar-refractivity contribution in [3.05, 3.63) is 95.1 Å². The molecule has 0 radical (unpaired) electrons. The fourth-order valence-electron chi connectivity index (χ4n) is 3.90. The lowest BCUT2D eigenvalue weighted by Gasteiger charge is -2.13. The largest absolute Gasteiger partial charge is 0.493 e. The molecule has 0 unspecified atom stereocenters. The highest BCUT2D eigenvalue weighted by molar-refractivity contribution is 7.89. The number of ether oxygens (including phenoxy) is 1. The quantitative estimate of drug-likeness (QED) is 0.235. The number of nitrogens with one attached hydrogen (secondary N) is 2. The van der Waals surface area contributed by atoms with Crippen LogP contribution in [0.5, 0.6) is 11.6 Å². The normalized spacial score (nSPS) is 11.6. The summed E-state index contributed by atoms with van der Waals surface area (Å²) in [6.45, 7) is 1.90. The number of hydrogen-bond donors (Lipinski definition) is 3. The van der Waals surface area contributed by atoms with E-state index in [-0.39, 0.29) is 17.3 Å². The molecular weight excluding hydrogens is 498 g/mol. The standard InChI is InChI=1S/C27H28ClN3O4S/c28-22-10-11-25(21(19-22)18-20-6-2-1-3-7-20)35-17-5-13-29-15-16-31-36(33,34)26-9-4-8-24-23(26)12-14-30-27(24)32/h1-4,6-12,14,19,29,31H,5,13,15-18H2,(H,30,32). The van der Waals surface area contributed by atoms with Crippen molar-refractivity contribution >= 4 is 32.4 Å². The number of sulfonamides is 1. The van der Waals surface area contributed by atoms with Crippen molar-refractivity contribution in [1.29, 1.82) is 0 Å². The van der Waals surface area contributed by atoms with Gasteiger partial charge in [-0.15, -0.1) is 0 Å². The maximum absolute atomic E-state index is 12.8. The van der Waals surface area contributed by atoms with E-state index in [1.54, 1.807) is 18.2 Å². The van der Waals surface area contributed by atoms with Crippen LogP contribution in [0.25, 0.3) is 10.8 Å². The molecule has 36 heavy (non-hydrogen) atoms. The molecule has 3 aromatic carbocycles. The lowest BCUT2D eigenvalue weighted by atomic mass is 10.0. The predicted molar refractivity (Wildman–Crippen MR) is 142 cm³/mol. The SMILES string of the molecule is O=S(=O)(NCCNCCCOc1ccc(Cl)cc1Cc1ccccc1)c1cccc2c(O)nccc12. The Bertz CT molecular complexity index is 1420. The maximum Gasteiger partial charge on any atom is 0.241 e. The van der Waals surface area contributed by atoms with Gasteiger partial charge < -0.3 is 15.2 Å². The maximum atomic E-state index is 12.8. The minimum Gasteiger partial charge on any atom is -0.493 e. The van der Waals surface area contributed by atoms with E-state index in [0.29, 0.717) is 35.5 Å². The number of hydrogen-bond acceptors (Lipinski definition) is 6. The Labute approximate surface area is 216 Å². The summed E-state index contributed by atoms with van der Waals surface area (Å²) < 4.78 is 34.1. The van der Waals surface area contributed by atoms with E-state index in [0.717, 1.165) is 24.2 Å². The van der Waals surface area contributed by atoms with Crippen molar-refractivity contribution in [2.75, 3.05) is 26.2 Å². The van der Waals surface area contributed by atoms with Gasteiger partial charge in [-0.2, -0.15) is 0 Å². The van der Waals surface area contributed by atoms with Crippen LogP contribution in [-0.4, -0.2) is 44.7 Å². The third-order valence-electron chi connectivity index (χ3n) is 5.64. The third kappa shape index (κ3) is 6.73. The molecule has 188 valence electrons. The average Bonchev–Trinajstić information content (AvgIpc) is 2.87. The molecule has 1 heterocycles. The molecule has 0 aliphatic heterocycles. The first-order valence-corrected chi connectivity index (χ1v) is 13.5. The van der Waals surface area contributed by atoms with Gasteiger partial charge in [-0.25, -0.2) is 18.1 Å². The minimum atomic E-state index is -3.74. The molecule has 4 rings (SSSR count). The van der Waals surface area contributed by atoms with Gasteiger partial charge in [0.25, 0.3) is 0 Å². The van der Waals surface area contributed by atoms with Crippen molar-refractivity contribution in [2.45, 2.75) is 17.7 Å². The second-order valence-electron chi connectivity index (χ2n) is 8.25. The van der Waals surface area contributed by atoms with Crippen molar-refractivity contribution in [1.82, 2.24) is 15.0 Å².